The summed E-state index contributed by atoms with van der Waals surface area (Å²) < 4.78 is 21.1. The summed E-state index contributed by atoms with van der Waals surface area (Å²) in [6.07, 6.45) is 3.96. The molecule has 0 bridgehead atoms. The Hall–Kier alpha value is -1.88. The van der Waals surface area contributed by atoms with Gasteiger partial charge >= 0.3 is 0 Å². The zero-order valence-electron chi connectivity index (χ0n) is 11.9. The largest absolute Gasteiger partial charge is 0.494 e. The van der Waals surface area contributed by atoms with Crippen molar-refractivity contribution >= 4 is 0 Å². The SMILES string of the molecule is COc1cccc(-c2nccn2CCC(C)(C)O)c1F. The maximum absolute atomic E-state index is 14.3. The summed E-state index contributed by atoms with van der Waals surface area (Å²) >= 11 is 0. The minimum absolute atomic E-state index is 0.194. The van der Waals surface area contributed by atoms with Crippen molar-refractivity contribution in [3.8, 4) is 17.1 Å². The van der Waals surface area contributed by atoms with Gasteiger partial charge in [-0.05, 0) is 32.4 Å². The number of hydrogen-bond acceptors (Lipinski definition) is 3. The average molecular weight is 278 g/mol. The summed E-state index contributed by atoms with van der Waals surface area (Å²) in [4.78, 5) is 4.21. The van der Waals surface area contributed by atoms with E-state index in [4.69, 9.17) is 4.74 Å². The second-order valence-corrected chi connectivity index (χ2v) is 5.33. The molecule has 0 fully saturated rings. The quantitative estimate of drug-likeness (QED) is 0.914. The van der Waals surface area contributed by atoms with E-state index in [0.29, 0.717) is 24.4 Å². The Morgan fingerprint density at radius 3 is 2.80 bits per heavy atom. The first-order chi connectivity index (χ1) is 9.42. The first-order valence-corrected chi connectivity index (χ1v) is 6.49. The van der Waals surface area contributed by atoms with E-state index < -0.39 is 11.4 Å². The number of ether oxygens (including phenoxy) is 1. The van der Waals surface area contributed by atoms with Crippen LogP contribution in [0.25, 0.3) is 11.4 Å². The number of aryl methyl sites for hydroxylation is 1. The molecule has 0 amide bonds. The van der Waals surface area contributed by atoms with Crippen LogP contribution in [0, 0.1) is 5.82 Å². The van der Waals surface area contributed by atoms with E-state index in [1.54, 1.807) is 44.4 Å². The van der Waals surface area contributed by atoms with Gasteiger partial charge in [-0.2, -0.15) is 0 Å². The van der Waals surface area contributed by atoms with E-state index in [2.05, 4.69) is 4.98 Å². The van der Waals surface area contributed by atoms with Gasteiger partial charge in [0.15, 0.2) is 11.6 Å². The third-order valence-corrected chi connectivity index (χ3v) is 3.10. The summed E-state index contributed by atoms with van der Waals surface area (Å²) in [6, 6.07) is 4.97. The first-order valence-electron chi connectivity index (χ1n) is 6.49. The third-order valence-electron chi connectivity index (χ3n) is 3.10. The molecule has 5 heteroatoms. The maximum Gasteiger partial charge on any atom is 0.175 e. The van der Waals surface area contributed by atoms with Gasteiger partial charge < -0.3 is 14.4 Å². The van der Waals surface area contributed by atoms with Crippen LogP contribution in [0.1, 0.15) is 20.3 Å². The molecule has 0 aliphatic carbocycles. The smallest absolute Gasteiger partial charge is 0.175 e. The highest BCUT2D eigenvalue weighted by atomic mass is 19.1. The fourth-order valence-electron chi connectivity index (χ4n) is 1.97. The highest BCUT2D eigenvalue weighted by Gasteiger charge is 2.17. The third kappa shape index (κ3) is 3.17. The van der Waals surface area contributed by atoms with Crippen LogP contribution in [0.2, 0.25) is 0 Å². The molecule has 0 spiro atoms. The first kappa shape index (κ1) is 14.5. The molecule has 2 aromatic rings. The van der Waals surface area contributed by atoms with Crippen LogP contribution < -0.4 is 4.74 Å². The van der Waals surface area contributed by atoms with E-state index in [9.17, 15) is 9.50 Å². The normalized spacial score (nSPS) is 11.7. The van der Waals surface area contributed by atoms with Crippen LogP contribution >= 0.6 is 0 Å². The Balaban J connectivity index is 2.33. The Morgan fingerprint density at radius 2 is 2.15 bits per heavy atom. The van der Waals surface area contributed by atoms with Crippen molar-refractivity contribution < 1.29 is 14.2 Å². The highest BCUT2D eigenvalue weighted by molar-refractivity contribution is 5.59. The van der Waals surface area contributed by atoms with Gasteiger partial charge in [-0.25, -0.2) is 9.37 Å². The summed E-state index contributed by atoms with van der Waals surface area (Å²) in [6.45, 7) is 4.06. The monoisotopic (exact) mass is 278 g/mol. The molecule has 1 aromatic carbocycles. The molecule has 2 rings (SSSR count). The van der Waals surface area contributed by atoms with Crippen molar-refractivity contribution in [2.45, 2.75) is 32.4 Å². The van der Waals surface area contributed by atoms with Crippen molar-refractivity contribution in [3.05, 3.63) is 36.4 Å². The van der Waals surface area contributed by atoms with Crippen LogP contribution in [0.5, 0.6) is 5.75 Å². The molecule has 108 valence electrons. The summed E-state index contributed by atoms with van der Waals surface area (Å²) in [7, 11) is 1.43. The van der Waals surface area contributed by atoms with Gasteiger partial charge in [0.25, 0.3) is 0 Å². The van der Waals surface area contributed by atoms with Crippen LogP contribution in [0.3, 0.4) is 0 Å². The minimum Gasteiger partial charge on any atom is -0.494 e. The van der Waals surface area contributed by atoms with E-state index in [1.165, 1.54) is 7.11 Å². The van der Waals surface area contributed by atoms with Gasteiger partial charge in [-0.15, -0.1) is 0 Å². The van der Waals surface area contributed by atoms with E-state index in [0.717, 1.165) is 0 Å². The van der Waals surface area contributed by atoms with Gasteiger partial charge in [-0.3, -0.25) is 0 Å². The molecule has 0 atom stereocenters. The van der Waals surface area contributed by atoms with Gasteiger partial charge in [0.2, 0.25) is 0 Å². The fraction of sp³-hybridized carbons (Fsp3) is 0.400. The number of methoxy groups -OCH3 is 1. The Morgan fingerprint density at radius 1 is 1.40 bits per heavy atom. The Kier molecular flexibility index (Phi) is 4.09. The summed E-state index contributed by atoms with van der Waals surface area (Å²) in [5, 5.41) is 9.79. The highest BCUT2D eigenvalue weighted by Crippen LogP contribution is 2.28. The molecule has 0 unspecified atom stereocenters. The number of aromatic nitrogens is 2. The lowest BCUT2D eigenvalue weighted by atomic mass is 10.1. The Labute approximate surface area is 117 Å². The topological polar surface area (TPSA) is 47.3 Å². The van der Waals surface area contributed by atoms with Gasteiger partial charge in [0, 0.05) is 18.9 Å². The lowest BCUT2D eigenvalue weighted by Gasteiger charge is -2.18. The molecule has 4 nitrogen and oxygen atoms in total. The number of halogens is 1. The summed E-state index contributed by atoms with van der Waals surface area (Å²) in [5.74, 6) is 0.302. The number of hydrogen-bond donors (Lipinski definition) is 1. The van der Waals surface area contributed by atoms with Gasteiger partial charge in [-0.1, -0.05) is 6.07 Å². The molecule has 1 heterocycles. The predicted octanol–water partition coefficient (Wildman–Crippen LogP) is 2.86. The van der Waals surface area contributed by atoms with Crippen molar-refractivity contribution in [3.63, 3.8) is 0 Å². The lowest BCUT2D eigenvalue weighted by molar-refractivity contribution is 0.0663. The van der Waals surface area contributed by atoms with E-state index in [-0.39, 0.29) is 5.75 Å². The fourth-order valence-corrected chi connectivity index (χ4v) is 1.97. The number of rotatable bonds is 5. The predicted molar refractivity (Wildman–Crippen MR) is 75.1 cm³/mol. The zero-order chi connectivity index (χ0) is 14.8. The van der Waals surface area contributed by atoms with E-state index >= 15 is 0 Å². The molecule has 1 aromatic heterocycles. The minimum atomic E-state index is -0.769. The second kappa shape index (κ2) is 5.63. The van der Waals surface area contributed by atoms with Crippen LogP contribution in [-0.2, 0) is 6.54 Å². The molecule has 0 aliphatic heterocycles. The lowest BCUT2D eigenvalue weighted by Crippen LogP contribution is -2.21. The van der Waals surface area contributed by atoms with Gasteiger partial charge in [0.1, 0.15) is 5.82 Å². The average Bonchev–Trinajstić information content (AvgIpc) is 2.84. The zero-order valence-corrected chi connectivity index (χ0v) is 11.9. The molecular weight excluding hydrogens is 259 g/mol. The summed E-state index contributed by atoms with van der Waals surface area (Å²) in [5.41, 5.74) is -0.376. The van der Waals surface area contributed by atoms with Crippen molar-refractivity contribution in [2.24, 2.45) is 0 Å². The Bertz CT molecular complexity index is 588. The second-order valence-electron chi connectivity index (χ2n) is 5.33. The van der Waals surface area contributed by atoms with Gasteiger partial charge in [0.05, 0.1) is 18.3 Å². The molecular formula is C15H19FN2O2. The number of benzene rings is 1. The standard InChI is InChI=1S/C15H19FN2O2/c1-15(2,19)7-9-18-10-8-17-14(18)11-5-4-6-12(20-3)13(11)16/h4-6,8,10,19H,7,9H2,1-3H3. The molecule has 0 saturated carbocycles. The van der Waals surface area contributed by atoms with Crippen LogP contribution in [0.4, 0.5) is 4.39 Å². The van der Waals surface area contributed by atoms with Crippen LogP contribution in [0.15, 0.2) is 30.6 Å². The maximum atomic E-state index is 14.3. The van der Waals surface area contributed by atoms with Crippen molar-refractivity contribution in [1.82, 2.24) is 9.55 Å². The molecule has 0 aliphatic rings. The molecule has 1 N–H and O–H groups in total. The molecule has 0 radical (unpaired) electrons. The number of imidazole rings is 1. The van der Waals surface area contributed by atoms with E-state index in [1.807, 2.05) is 4.57 Å². The molecule has 20 heavy (non-hydrogen) atoms. The number of aliphatic hydroxyl groups is 1. The van der Waals surface area contributed by atoms with Crippen molar-refractivity contribution in [1.29, 1.82) is 0 Å². The van der Waals surface area contributed by atoms with Crippen molar-refractivity contribution in [2.75, 3.05) is 7.11 Å². The van der Waals surface area contributed by atoms with Crippen LogP contribution in [-0.4, -0.2) is 27.4 Å². The number of nitrogens with zero attached hydrogens (tertiary/aromatic N) is 2. The molecule has 0 saturated heterocycles.